The molecule has 0 spiro atoms. The third kappa shape index (κ3) is 3.75. The van der Waals surface area contributed by atoms with Crippen molar-refractivity contribution in [2.24, 2.45) is 0 Å². The zero-order valence-electron chi connectivity index (χ0n) is 13.3. The number of hydrogen-bond acceptors (Lipinski definition) is 5. The molecule has 1 aromatic heterocycles. The fourth-order valence-corrected chi connectivity index (χ4v) is 3.21. The summed E-state index contributed by atoms with van der Waals surface area (Å²) in [6.07, 6.45) is 2.50. The van der Waals surface area contributed by atoms with E-state index in [2.05, 4.69) is 25.8 Å². The molecule has 2 aliphatic heterocycles. The van der Waals surface area contributed by atoms with Crippen LogP contribution in [0.5, 0.6) is 0 Å². The number of imide groups is 1. The summed E-state index contributed by atoms with van der Waals surface area (Å²) >= 11 is 3.37. The minimum Gasteiger partial charge on any atom is -0.353 e. The van der Waals surface area contributed by atoms with Crippen molar-refractivity contribution in [3.8, 4) is 0 Å². The Morgan fingerprint density at radius 3 is 2.33 bits per heavy atom. The highest BCUT2D eigenvalue weighted by Crippen LogP contribution is 2.17. The van der Waals surface area contributed by atoms with E-state index in [1.54, 1.807) is 11.1 Å². The third-order valence-electron chi connectivity index (χ3n) is 4.37. The predicted molar refractivity (Wildman–Crippen MR) is 91.3 cm³/mol. The van der Waals surface area contributed by atoms with E-state index < -0.39 is 0 Å². The van der Waals surface area contributed by atoms with Gasteiger partial charge in [-0.05, 0) is 28.1 Å². The molecule has 0 radical (unpaired) electrons. The molecule has 1 aromatic rings. The average Bonchev–Trinajstić information content (AvgIpc) is 2.92. The van der Waals surface area contributed by atoms with E-state index in [0.717, 1.165) is 23.4 Å². The molecule has 0 aliphatic carbocycles. The number of rotatable bonds is 4. The van der Waals surface area contributed by atoms with Crippen LogP contribution in [-0.2, 0) is 14.4 Å². The molecule has 3 amide bonds. The minimum absolute atomic E-state index is 0.00841. The van der Waals surface area contributed by atoms with Crippen LogP contribution in [0.15, 0.2) is 22.8 Å². The molecule has 0 atom stereocenters. The zero-order valence-corrected chi connectivity index (χ0v) is 14.9. The Balaban J connectivity index is 1.47. The monoisotopic (exact) mass is 394 g/mol. The molecular formula is C16H19BrN4O3. The smallest absolute Gasteiger partial charge is 0.229 e. The number of anilines is 1. The van der Waals surface area contributed by atoms with Crippen LogP contribution in [0.2, 0.25) is 0 Å². The summed E-state index contributed by atoms with van der Waals surface area (Å²) in [6.45, 7) is 2.89. The first-order valence-corrected chi connectivity index (χ1v) is 8.81. The molecule has 3 rings (SSSR count). The lowest BCUT2D eigenvalue weighted by atomic mass is 10.2. The van der Waals surface area contributed by atoms with Crippen LogP contribution in [0.25, 0.3) is 0 Å². The first-order valence-electron chi connectivity index (χ1n) is 8.02. The van der Waals surface area contributed by atoms with Crippen LogP contribution in [0.4, 0.5) is 5.82 Å². The largest absolute Gasteiger partial charge is 0.353 e. The summed E-state index contributed by atoms with van der Waals surface area (Å²) in [6, 6.07) is 3.90. The molecule has 128 valence electrons. The molecule has 0 saturated carbocycles. The Morgan fingerprint density at radius 1 is 1.08 bits per heavy atom. The lowest BCUT2D eigenvalue weighted by Gasteiger charge is -2.35. The second-order valence-corrected chi connectivity index (χ2v) is 6.81. The molecule has 3 heterocycles. The summed E-state index contributed by atoms with van der Waals surface area (Å²) in [5.74, 6) is 0.558. The summed E-state index contributed by atoms with van der Waals surface area (Å²) in [7, 11) is 0. The van der Waals surface area contributed by atoms with E-state index in [0.29, 0.717) is 13.1 Å². The van der Waals surface area contributed by atoms with Crippen molar-refractivity contribution in [2.45, 2.75) is 19.3 Å². The Hall–Kier alpha value is -1.96. The van der Waals surface area contributed by atoms with Gasteiger partial charge in [-0.25, -0.2) is 4.98 Å². The van der Waals surface area contributed by atoms with E-state index >= 15 is 0 Å². The fraction of sp³-hybridized carbons (Fsp3) is 0.500. The Kier molecular flexibility index (Phi) is 5.13. The molecule has 24 heavy (non-hydrogen) atoms. The topological polar surface area (TPSA) is 73.8 Å². The maximum atomic E-state index is 12.3. The van der Waals surface area contributed by atoms with Crippen molar-refractivity contribution >= 4 is 39.5 Å². The lowest BCUT2D eigenvalue weighted by molar-refractivity contribution is -0.139. The number of aromatic nitrogens is 1. The van der Waals surface area contributed by atoms with Gasteiger partial charge in [0.15, 0.2) is 0 Å². The van der Waals surface area contributed by atoms with Crippen LogP contribution in [0, 0.1) is 0 Å². The number of halogens is 1. The number of amides is 3. The summed E-state index contributed by atoms with van der Waals surface area (Å²) in [5, 5.41) is 0. The molecule has 2 fully saturated rings. The summed E-state index contributed by atoms with van der Waals surface area (Å²) < 4.78 is 0.936. The molecular weight excluding hydrogens is 376 g/mol. The SMILES string of the molecule is O=C(CCN1C(=O)CCC1=O)N1CCN(c2ccc(Br)cn2)CC1. The molecule has 2 aliphatic rings. The number of carbonyl (C=O) groups is 3. The first kappa shape index (κ1) is 16.9. The molecule has 0 unspecified atom stereocenters. The fourth-order valence-electron chi connectivity index (χ4n) is 2.98. The molecule has 0 aromatic carbocycles. The Morgan fingerprint density at radius 2 is 1.75 bits per heavy atom. The van der Waals surface area contributed by atoms with E-state index in [1.165, 1.54) is 4.90 Å². The summed E-state index contributed by atoms with van der Waals surface area (Å²) in [5.41, 5.74) is 0. The number of nitrogens with zero attached hydrogens (tertiary/aromatic N) is 4. The van der Waals surface area contributed by atoms with E-state index in [-0.39, 0.29) is 43.5 Å². The minimum atomic E-state index is -0.168. The van der Waals surface area contributed by atoms with E-state index in [9.17, 15) is 14.4 Å². The van der Waals surface area contributed by atoms with Crippen molar-refractivity contribution in [2.75, 3.05) is 37.6 Å². The van der Waals surface area contributed by atoms with Crippen LogP contribution < -0.4 is 4.90 Å². The average molecular weight is 395 g/mol. The van der Waals surface area contributed by atoms with Gasteiger partial charge in [-0.3, -0.25) is 19.3 Å². The Bertz CT molecular complexity index is 625. The molecule has 8 heteroatoms. The first-order chi connectivity index (χ1) is 11.5. The van der Waals surface area contributed by atoms with E-state index in [1.807, 2.05) is 12.1 Å². The van der Waals surface area contributed by atoms with Gasteiger partial charge in [-0.15, -0.1) is 0 Å². The third-order valence-corrected chi connectivity index (χ3v) is 4.84. The van der Waals surface area contributed by atoms with Gasteiger partial charge in [-0.2, -0.15) is 0 Å². The maximum absolute atomic E-state index is 12.3. The second-order valence-electron chi connectivity index (χ2n) is 5.89. The van der Waals surface area contributed by atoms with Crippen molar-refractivity contribution in [3.63, 3.8) is 0 Å². The van der Waals surface area contributed by atoms with Gasteiger partial charge in [0.1, 0.15) is 5.82 Å². The standard InChI is InChI=1S/C16H19BrN4O3/c17-12-1-2-13(18-11-12)19-7-9-20(10-8-19)14(22)5-6-21-15(23)3-4-16(21)24/h1-2,11H,3-10H2. The zero-order chi connectivity index (χ0) is 17.1. The number of carbonyl (C=O) groups excluding carboxylic acids is 3. The predicted octanol–water partition coefficient (Wildman–Crippen LogP) is 1.03. The van der Waals surface area contributed by atoms with Gasteiger partial charge in [0.2, 0.25) is 17.7 Å². The van der Waals surface area contributed by atoms with Gasteiger partial charge < -0.3 is 9.80 Å². The highest BCUT2D eigenvalue weighted by Gasteiger charge is 2.30. The van der Waals surface area contributed by atoms with Crippen molar-refractivity contribution in [1.29, 1.82) is 0 Å². The number of likely N-dealkylation sites (tertiary alicyclic amines) is 1. The Labute approximate surface area is 148 Å². The van der Waals surface area contributed by atoms with Gasteiger partial charge in [-0.1, -0.05) is 0 Å². The lowest BCUT2D eigenvalue weighted by Crippen LogP contribution is -2.49. The van der Waals surface area contributed by atoms with Crippen LogP contribution >= 0.6 is 15.9 Å². The van der Waals surface area contributed by atoms with Crippen LogP contribution in [0.1, 0.15) is 19.3 Å². The molecule has 0 N–H and O–H groups in total. The van der Waals surface area contributed by atoms with Crippen LogP contribution in [-0.4, -0.2) is 65.2 Å². The molecule has 2 saturated heterocycles. The van der Waals surface area contributed by atoms with Gasteiger partial charge in [0, 0.05) is 62.7 Å². The quantitative estimate of drug-likeness (QED) is 0.713. The van der Waals surface area contributed by atoms with Gasteiger partial charge >= 0.3 is 0 Å². The van der Waals surface area contributed by atoms with Crippen molar-refractivity contribution in [1.82, 2.24) is 14.8 Å². The number of piperazine rings is 1. The van der Waals surface area contributed by atoms with Gasteiger partial charge in [0.25, 0.3) is 0 Å². The highest BCUT2D eigenvalue weighted by atomic mass is 79.9. The second kappa shape index (κ2) is 7.29. The van der Waals surface area contributed by atoms with Gasteiger partial charge in [0.05, 0.1) is 0 Å². The highest BCUT2D eigenvalue weighted by molar-refractivity contribution is 9.10. The van der Waals surface area contributed by atoms with Crippen molar-refractivity contribution < 1.29 is 14.4 Å². The normalized spacial score (nSPS) is 18.5. The van der Waals surface area contributed by atoms with Crippen LogP contribution in [0.3, 0.4) is 0 Å². The van der Waals surface area contributed by atoms with E-state index in [4.69, 9.17) is 0 Å². The van der Waals surface area contributed by atoms with Crippen molar-refractivity contribution in [3.05, 3.63) is 22.8 Å². The summed E-state index contributed by atoms with van der Waals surface area (Å²) in [4.78, 5) is 44.9. The maximum Gasteiger partial charge on any atom is 0.229 e. The molecule has 0 bridgehead atoms. The number of pyridine rings is 1. The molecule has 7 nitrogen and oxygen atoms in total. The number of hydrogen-bond donors (Lipinski definition) is 0.